The smallest absolute Gasteiger partial charge is 0.176 e. The van der Waals surface area contributed by atoms with Gasteiger partial charge in [-0.2, -0.15) is 0 Å². The van der Waals surface area contributed by atoms with Crippen LogP contribution in [-0.4, -0.2) is 37.0 Å². The Balaban J connectivity index is 1.88. The van der Waals surface area contributed by atoms with Crippen LogP contribution < -0.4 is 4.74 Å². The zero-order chi connectivity index (χ0) is 20.3. The minimum absolute atomic E-state index is 0.0191. The molecule has 0 amide bonds. The molecule has 0 fully saturated rings. The third-order valence-electron chi connectivity index (χ3n) is 4.73. The van der Waals surface area contributed by atoms with Gasteiger partial charge < -0.3 is 14.9 Å². The van der Waals surface area contributed by atoms with Crippen LogP contribution in [0, 0.1) is 0 Å². The number of methoxy groups -OCH3 is 1. The molecule has 3 rings (SSSR count). The van der Waals surface area contributed by atoms with Gasteiger partial charge in [0.15, 0.2) is 9.84 Å². The Kier molecular flexibility index (Phi) is 5.86. The predicted molar refractivity (Wildman–Crippen MR) is 107 cm³/mol. The summed E-state index contributed by atoms with van der Waals surface area (Å²) in [6.07, 6.45) is 4.55. The first-order chi connectivity index (χ1) is 13.3. The molecule has 7 heteroatoms. The fraction of sp³-hybridized carbons (Fsp3) is 0.286. The first kappa shape index (κ1) is 20.1. The molecule has 3 aromatic rings. The van der Waals surface area contributed by atoms with Crippen molar-refractivity contribution in [1.82, 2.24) is 4.98 Å². The number of benzene rings is 2. The first-order valence-electron chi connectivity index (χ1n) is 8.91. The van der Waals surface area contributed by atoms with Gasteiger partial charge in [0.1, 0.15) is 17.0 Å². The lowest BCUT2D eigenvalue weighted by atomic mass is 10.0. The number of phenols is 1. The molecular formula is C21H23NO5S. The van der Waals surface area contributed by atoms with Crippen LogP contribution in [-0.2, 0) is 29.3 Å². The molecule has 0 aliphatic rings. The summed E-state index contributed by atoms with van der Waals surface area (Å²) in [4.78, 5) is 4.34. The second-order valence-corrected chi connectivity index (χ2v) is 8.70. The quantitative estimate of drug-likeness (QED) is 0.632. The Morgan fingerprint density at radius 1 is 1.11 bits per heavy atom. The molecule has 28 heavy (non-hydrogen) atoms. The second kappa shape index (κ2) is 8.16. The number of aliphatic hydroxyl groups excluding tert-OH is 1. The van der Waals surface area contributed by atoms with Gasteiger partial charge >= 0.3 is 0 Å². The standard InChI is InChI=1S/C21H23NO5S/c1-27-18-11-14(13-23)8-9-15(18)5-3-6-16-12-19(28(2,25)26)17-7-4-10-22-20(17)21(16)24/h4,7-12,23-24H,3,5-6,13H2,1-2H3. The molecule has 0 saturated heterocycles. The van der Waals surface area contributed by atoms with Crippen molar-refractivity contribution in [3.05, 3.63) is 59.3 Å². The van der Waals surface area contributed by atoms with Crippen molar-refractivity contribution >= 4 is 20.7 Å². The Bertz CT molecular complexity index is 1110. The van der Waals surface area contributed by atoms with Crippen LogP contribution in [0.2, 0.25) is 0 Å². The number of phenolic OH excluding ortho intramolecular Hbond substituents is 1. The Morgan fingerprint density at radius 3 is 2.54 bits per heavy atom. The van der Waals surface area contributed by atoms with Gasteiger partial charge in [-0.05, 0) is 60.2 Å². The average molecular weight is 401 g/mol. The Labute approximate surface area is 164 Å². The summed E-state index contributed by atoms with van der Waals surface area (Å²) in [6.45, 7) is -0.0527. The van der Waals surface area contributed by atoms with E-state index in [2.05, 4.69) is 4.98 Å². The number of aliphatic hydroxyl groups is 1. The van der Waals surface area contributed by atoms with E-state index in [-0.39, 0.29) is 17.3 Å². The molecule has 6 nitrogen and oxygen atoms in total. The number of hydrogen-bond acceptors (Lipinski definition) is 6. The van der Waals surface area contributed by atoms with E-state index in [9.17, 15) is 18.6 Å². The molecule has 0 bridgehead atoms. The molecule has 0 spiro atoms. The van der Waals surface area contributed by atoms with E-state index in [1.807, 2.05) is 12.1 Å². The molecule has 0 aliphatic carbocycles. The maximum Gasteiger partial charge on any atom is 0.176 e. The highest BCUT2D eigenvalue weighted by Crippen LogP contribution is 2.33. The maximum atomic E-state index is 12.2. The molecule has 1 heterocycles. The van der Waals surface area contributed by atoms with Gasteiger partial charge in [0.25, 0.3) is 0 Å². The lowest BCUT2D eigenvalue weighted by molar-refractivity contribution is 0.281. The van der Waals surface area contributed by atoms with Gasteiger partial charge in [-0.1, -0.05) is 12.1 Å². The SMILES string of the molecule is COc1cc(CO)ccc1CCCc1cc(S(C)(=O)=O)c2cccnc2c1O. The Morgan fingerprint density at radius 2 is 1.86 bits per heavy atom. The topological polar surface area (TPSA) is 96.7 Å². The summed E-state index contributed by atoms with van der Waals surface area (Å²) in [7, 11) is -1.88. The van der Waals surface area contributed by atoms with Crippen LogP contribution >= 0.6 is 0 Å². The van der Waals surface area contributed by atoms with Gasteiger partial charge in [0.2, 0.25) is 0 Å². The summed E-state index contributed by atoms with van der Waals surface area (Å²) in [5.74, 6) is 0.721. The van der Waals surface area contributed by atoms with Crippen LogP contribution in [0.3, 0.4) is 0 Å². The molecule has 0 saturated carbocycles. The van der Waals surface area contributed by atoms with Gasteiger partial charge in [0, 0.05) is 17.8 Å². The van der Waals surface area contributed by atoms with Crippen LogP contribution in [0.4, 0.5) is 0 Å². The number of hydrogen-bond donors (Lipinski definition) is 2. The van der Waals surface area contributed by atoms with Gasteiger partial charge in [-0.15, -0.1) is 0 Å². The number of ether oxygens (including phenoxy) is 1. The van der Waals surface area contributed by atoms with E-state index in [1.165, 1.54) is 6.20 Å². The molecule has 0 atom stereocenters. The minimum atomic E-state index is -3.46. The third-order valence-corrected chi connectivity index (χ3v) is 5.87. The zero-order valence-corrected chi connectivity index (χ0v) is 16.7. The highest BCUT2D eigenvalue weighted by molar-refractivity contribution is 7.91. The summed E-state index contributed by atoms with van der Waals surface area (Å²) >= 11 is 0. The van der Waals surface area contributed by atoms with Crippen molar-refractivity contribution in [2.45, 2.75) is 30.8 Å². The molecule has 0 radical (unpaired) electrons. The summed E-state index contributed by atoms with van der Waals surface area (Å²) in [5.41, 5.74) is 2.61. The van der Waals surface area contributed by atoms with Gasteiger partial charge in [-0.3, -0.25) is 4.98 Å². The lowest BCUT2D eigenvalue weighted by Crippen LogP contribution is -2.02. The van der Waals surface area contributed by atoms with E-state index in [0.717, 1.165) is 17.4 Å². The summed E-state index contributed by atoms with van der Waals surface area (Å²) in [6, 6.07) is 10.4. The third kappa shape index (κ3) is 4.10. The zero-order valence-electron chi connectivity index (χ0n) is 15.8. The number of nitrogens with zero attached hydrogens (tertiary/aromatic N) is 1. The summed E-state index contributed by atoms with van der Waals surface area (Å²) < 4.78 is 29.8. The number of aromatic nitrogens is 1. The highest BCUT2D eigenvalue weighted by atomic mass is 32.2. The first-order valence-corrected chi connectivity index (χ1v) is 10.8. The Hall–Kier alpha value is -2.64. The fourth-order valence-electron chi connectivity index (χ4n) is 3.31. The number of aryl methyl sites for hydroxylation is 2. The minimum Gasteiger partial charge on any atom is -0.505 e. The van der Waals surface area contributed by atoms with Gasteiger partial charge in [0.05, 0.1) is 18.6 Å². The van der Waals surface area contributed by atoms with Crippen LogP contribution in [0.5, 0.6) is 11.5 Å². The predicted octanol–water partition coefficient (Wildman–Crippen LogP) is 3.02. The molecule has 0 aliphatic heterocycles. The van der Waals surface area contributed by atoms with E-state index in [1.54, 1.807) is 31.4 Å². The van der Waals surface area contributed by atoms with Crippen molar-refractivity contribution in [2.24, 2.45) is 0 Å². The van der Waals surface area contributed by atoms with Crippen molar-refractivity contribution in [3.8, 4) is 11.5 Å². The van der Waals surface area contributed by atoms with Crippen molar-refractivity contribution in [1.29, 1.82) is 0 Å². The van der Waals surface area contributed by atoms with Crippen molar-refractivity contribution in [2.75, 3.05) is 13.4 Å². The van der Waals surface area contributed by atoms with E-state index >= 15 is 0 Å². The molecule has 148 valence electrons. The molecule has 0 unspecified atom stereocenters. The number of aromatic hydroxyl groups is 1. The van der Waals surface area contributed by atoms with Gasteiger partial charge in [-0.25, -0.2) is 8.42 Å². The number of fused-ring (bicyclic) bond motifs is 1. The monoisotopic (exact) mass is 401 g/mol. The fourth-order valence-corrected chi connectivity index (χ4v) is 4.23. The highest BCUT2D eigenvalue weighted by Gasteiger charge is 2.18. The number of sulfone groups is 1. The number of rotatable bonds is 7. The molecule has 2 N–H and O–H groups in total. The van der Waals surface area contributed by atoms with Crippen molar-refractivity contribution in [3.63, 3.8) is 0 Å². The summed E-state index contributed by atoms with van der Waals surface area (Å²) in [5, 5.41) is 20.3. The largest absolute Gasteiger partial charge is 0.505 e. The number of pyridine rings is 1. The van der Waals surface area contributed by atoms with Crippen LogP contribution in [0.25, 0.3) is 10.9 Å². The molecular weight excluding hydrogens is 378 g/mol. The second-order valence-electron chi connectivity index (χ2n) is 6.71. The van der Waals surface area contributed by atoms with Crippen LogP contribution in [0.1, 0.15) is 23.1 Å². The normalized spacial score (nSPS) is 11.7. The van der Waals surface area contributed by atoms with Crippen LogP contribution in [0.15, 0.2) is 47.5 Å². The van der Waals surface area contributed by atoms with E-state index in [0.29, 0.717) is 41.5 Å². The van der Waals surface area contributed by atoms with E-state index in [4.69, 9.17) is 4.74 Å². The molecule has 1 aromatic heterocycles. The lowest BCUT2D eigenvalue weighted by Gasteiger charge is -2.13. The average Bonchev–Trinajstić information content (AvgIpc) is 2.69. The molecule has 2 aromatic carbocycles. The van der Waals surface area contributed by atoms with Crippen molar-refractivity contribution < 1.29 is 23.4 Å². The van der Waals surface area contributed by atoms with E-state index < -0.39 is 9.84 Å². The maximum absolute atomic E-state index is 12.2.